The standard InChI is InChI=1S/C22H27N5O8S/c1-11(28)24-17-19(34-14(4)31)18(33-13(3)30)16(10-32-12(2)29)35-21(17)27-22(36)26(5)20(25-27)15-6-8-23-9-7-15/h6-9,16-19,21H,10H2,1-5H3,(H,24,28)/t16-,17-,18-,19-,21-/m1/s1. The summed E-state index contributed by atoms with van der Waals surface area (Å²) in [6.07, 6.45) is -1.43. The molecule has 5 atom stereocenters. The lowest BCUT2D eigenvalue weighted by molar-refractivity contribution is -0.239. The Morgan fingerprint density at radius 1 is 1.03 bits per heavy atom. The third-order valence-corrected chi connectivity index (χ3v) is 5.73. The van der Waals surface area contributed by atoms with Crippen LogP contribution in [-0.2, 0) is 45.2 Å². The van der Waals surface area contributed by atoms with Crippen molar-refractivity contribution >= 4 is 36.0 Å². The fourth-order valence-corrected chi connectivity index (χ4v) is 4.12. The normalized spacial score (nSPS) is 23.4. The van der Waals surface area contributed by atoms with E-state index < -0.39 is 54.4 Å². The minimum atomic E-state index is -1.22. The molecule has 2 aromatic heterocycles. The Morgan fingerprint density at radius 3 is 2.19 bits per heavy atom. The summed E-state index contributed by atoms with van der Waals surface area (Å²) in [6, 6.07) is 2.42. The molecular weight excluding hydrogens is 494 g/mol. The van der Waals surface area contributed by atoms with E-state index >= 15 is 0 Å². The third-order valence-electron chi connectivity index (χ3n) is 5.27. The predicted molar refractivity (Wildman–Crippen MR) is 125 cm³/mol. The highest BCUT2D eigenvalue weighted by Crippen LogP contribution is 2.33. The fraction of sp³-hybridized carbons (Fsp3) is 0.500. The van der Waals surface area contributed by atoms with Crippen molar-refractivity contribution in [3.05, 3.63) is 29.3 Å². The monoisotopic (exact) mass is 521 g/mol. The molecule has 14 heteroatoms. The molecule has 1 aliphatic heterocycles. The lowest BCUT2D eigenvalue weighted by Crippen LogP contribution is -2.64. The van der Waals surface area contributed by atoms with Gasteiger partial charge in [0.25, 0.3) is 0 Å². The first-order valence-electron chi connectivity index (χ1n) is 11.0. The number of aromatic nitrogens is 4. The Morgan fingerprint density at radius 2 is 1.64 bits per heavy atom. The Balaban J connectivity index is 2.15. The molecule has 1 saturated heterocycles. The lowest BCUT2D eigenvalue weighted by atomic mass is 9.95. The average molecular weight is 522 g/mol. The van der Waals surface area contributed by atoms with Crippen molar-refractivity contribution in [1.29, 1.82) is 0 Å². The van der Waals surface area contributed by atoms with Crippen LogP contribution in [0, 0.1) is 4.77 Å². The third kappa shape index (κ3) is 6.12. The second-order valence-electron chi connectivity index (χ2n) is 8.09. The summed E-state index contributed by atoms with van der Waals surface area (Å²) in [5.74, 6) is -1.97. The molecule has 1 N–H and O–H groups in total. The maximum Gasteiger partial charge on any atom is 0.303 e. The van der Waals surface area contributed by atoms with Crippen molar-refractivity contribution in [3.8, 4) is 11.4 Å². The van der Waals surface area contributed by atoms with Gasteiger partial charge in [0.15, 0.2) is 29.0 Å². The molecule has 1 fully saturated rings. The van der Waals surface area contributed by atoms with E-state index in [1.54, 1.807) is 36.1 Å². The molecule has 0 aliphatic carbocycles. The van der Waals surface area contributed by atoms with E-state index in [9.17, 15) is 19.2 Å². The average Bonchev–Trinajstić information content (AvgIpc) is 3.09. The zero-order valence-corrected chi connectivity index (χ0v) is 21.2. The number of ether oxygens (including phenoxy) is 4. The van der Waals surface area contributed by atoms with E-state index in [1.807, 2.05) is 0 Å². The van der Waals surface area contributed by atoms with E-state index in [4.69, 9.17) is 31.2 Å². The van der Waals surface area contributed by atoms with Gasteiger partial charge in [-0.15, -0.1) is 5.10 Å². The van der Waals surface area contributed by atoms with Crippen LogP contribution >= 0.6 is 12.2 Å². The molecule has 0 aromatic carbocycles. The van der Waals surface area contributed by atoms with E-state index in [0.717, 1.165) is 5.56 Å². The van der Waals surface area contributed by atoms with Crippen LogP contribution in [0.5, 0.6) is 0 Å². The van der Waals surface area contributed by atoms with Gasteiger partial charge >= 0.3 is 17.9 Å². The van der Waals surface area contributed by atoms with E-state index in [2.05, 4.69) is 15.4 Å². The molecule has 13 nitrogen and oxygen atoms in total. The van der Waals surface area contributed by atoms with Crippen molar-refractivity contribution in [1.82, 2.24) is 24.6 Å². The van der Waals surface area contributed by atoms with Crippen LogP contribution < -0.4 is 5.32 Å². The smallest absolute Gasteiger partial charge is 0.303 e. The summed E-state index contributed by atoms with van der Waals surface area (Å²) in [7, 11) is 1.71. The zero-order chi connectivity index (χ0) is 26.6. The number of hydrogen-bond acceptors (Lipinski definition) is 11. The Hall–Kier alpha value is -3.65. The molecule has 0 unspecified atom stereocenters. The summed E-state index contributed by atoms with van der Waals surface area (Å²) in [4.78, 5) is 51.7. The SMILES string of the molecule is CC(=O)N[C@@H]1[C@@H](OC(C)=O)[C@H](OC(C)=O)[C@@H](COC(C)=O)O[C@H]1n1nc(-c2ccncc2)n(C)c1=S. The van der Waals surface area contributed by atoms with Crippen molar-refractivity contribution in [3.63, 3.8) is 0 Å². The van der Waals surface area contributed by atoms with E-state index in [-0.39, 0.29) is 11.4 Å². The summed E-state index contributed by atoms with van der Waals surface area (Å²) < 4.78 is 25.5. The fourth-order valence-electron chi connectivity index (χ4n) is 3.89. The number of amides is 1. The van der Waals surface area contributed by atoms with Gasteiger partial charge in [-0.05, 0) is 24.4 Å². The first kappa shape index (κ1) is 26.9. The van der Waals surface area contributed by atoms with Gasteiger partial charge in [0, 0.05) is 52.7 Å². The minimum Gasteiger partial charge on any atom is -0.463 e. The maximum atomic E-state index is 12.2. The van der Waals surface area contributed by atoms with Gasteiger partial charge in [-0.3, -0.25) is 24.2 Å². The van der Waals surface area contributed by atoms with E-state index in [0.29, 0.717) is 5.82 Å². The van der Waals surface area contributed by atoms with Crippen molar-refractivity contribution in [2.75, 3.05) is 6.61 Å². The number of hydrogen-bond donors (Lipinski definition) is 1. The summed E-state index contributed by atoms with van der Waals surface area (Å²) in [5, 5.41) is 7.31. The molecule has 0 bridgehead atoms. The van der Waals surface area contributed by atoms with Crippen LogP contribution in [0.4, 0.5) is 0 Å². The molecule has 3 rings (SSSR count). The quantitative estimate of drug-likeness (QED) is 0.313. The van der Waals surface area contributed by atoms with Crippen LogP contribution in [0.25, 0.3) is 11.4 Å². The largest absolute Gasteiger partial charge is 0.463 e. The number of nitrogens with one attached hydrogen (secondary N) is 1. The van der Waals surface area contributed by atoms with Gasteiger partial charge < -0.3 is 28.8 Å². The zero-order valence-electron chi connectivity index (χ0n) is 20.4. The van der Waals surface area contributed by atoms with Gasteiger partial charge in [-0.1, -0.05) is 0 Å². The van der Waals surface area contributed by atoms with Gasteiger partial charge in [-0.2, -0.15) is 0 Å². The lowest BCUT2D eigenvalue weighted by Gasteiger charge is -2.45. The predicted octanol–water partition coefficient (Wildman–Crippen LogP) is 0.842. The molecular formula is C22H27N5O8S. The molecule has 0 saturated carbocycles. The number of esters is 3. The maximum absolute atomic E-state index is 12.2. The second-order valence-corrected chi connectivity index (χ2v) is 8.45. The number of nitrogens with zero attached hydrogens (tertiary/aromatic N) is 4. The summed E-state index contributed by atoms with van der Waals surface area (Å²) >= 11 is 5.61. The highest BCUT2D eigenvalue weighted by atomic mass is 32.1. The first-order valence-corrected chi connectivity index (χ1v) is 11.4. The van der Waals surface area contributed by atoms with Crippen LogP contribution in [0.3, 0.4) is 0 Å². The van der Waals surface area contributed by atoms with Crippen molar-refractivity contribution in [2.45, 2.75) is 58.3 Å². The molecule has 1 amide bonds. The molecule has 36 heavy (non-hydrogen) atoms. The molecule has 0 spiro atoms. The number of carbonyl (C=O) groups is 4. The number of carbonyl (C=O) groups excluding carboxylic acids is 4. The summed E-state index contributed by atoms with van der Waals surface area (Å²) in [5.41, 5.74) is 0.718. The minimum absolute atomic E-state index is 0.223. The molecule has 1 aliphatic rings. The highest BCUT2D eigenvalue weighted by Gasteiger charge is 2.52. The Bertz CT molecular complexity index is 1200. The molecule has 0 radical (unpaired) electrons. The highest BCUT2D eigenvalue weighted by molar-refractivity contribution is 7.71. The van der Waals surface area contributed by atoms with Crippen LogP contribution in [0.1, 0.15) is 33.9 Å². The van der Waals surface area contributed by atoms with Gasteiger partial charge in [0.1, 0.15) is 18.8 Å². The van der Waals surface area contributed by atoms with Crippen molar-refractivity contribution in [2.24, 2.45) is 7.05 Å². The van der Waals surface area contributed by atoms with E-state index in [1.165, 1.54) is 32.4 Å². The molecule has 194 valence electrons. The van der Waals surface area contributed by atoms with Crippen LogP contribution in [0.15, 0.2) is 24.5 Å². The Kier molecular flexibility index (Phi) is 8.53. The number of pyridine rings is 1. The Labute approximate surface area is 211 Å². The number of rotatable bonds is 7. The molecule has 2 aromatic rings. The first-order chi connectivity index (χ1) is 17.0. The van der Waals surface area contributed by atoms with Gasteiger partial charge in [0.2, 0.25) is 5.91 Å². The molecule has 3 heterocycles. The van der Waals surface area contributed by atoms with Crippen molar-refractivity contribution < 1.29 is 38.1 Å². The topological polar surface area (TPSA) is 153 Å². The van der Waals surface area contributed by atoms with Crippen LogP contribution in [-0.4, -0.2) is 74.1 Å². The summed E-state index contributed by atoms with van der Waals surface area (Å²) in [6.45, 7) is 4.50. The van der Waals surface area contributed by atoms with Gasteiger partial charge in [0.05, 0.1) is 0 Å². The van der Waals surface area contributed by atoms with Gasteiger partial charge in [-0.25, -0.2) is 4.68 Å². The van der Waals surface area contributed by atoms with Crippen LogP contribution in [0.2, 0.25) is 0 Å². The second kappa shape index (κ2) is 11.4.